The second kappa shape index (κ2) is 9.67. The van der Waals surface area contributed by atoms with Crippen LogP contribution in [0.3, 0.4) is 0 Å². The number of nitrogens with zero attached hydrogens (tertiary/aromatic N) is 3. The normalized spacial score (nSPS) is 13.8. The summed E-state index contributed by atoms with van der Waals surface area (Å²) in [5.74, 6) is -0.453. The molecule has 0 unspecified atom stereocenters. The first kappa shape index (κ1) is 22.9. The van der Waals surface area contributed by atoms with E-state index in [4.69, 9.17) is 11.6 Å². The number of amides is 3. The number of carbonyl (C=O) groups excluding carboxylic acids is 2. The van der Waals surface area contributed by atoms with Crippen LogP contribution in [0.1, 0.15) is 23.0 Å². The van der Waals surface area contributed by atoms with Crippen molar-refractivity contribution in [2.24, 2.45) is 0 Å². The molecular formula is C25H26ClFN4O2. The molecule has 4 rings (SSSR count). The zero-order valence-electron chi connectivity index (χ0n) is 18.6. The van der Waals surface area contributed by atoms with Gasteiger partial charge in [-0.1, -0.05) is 29.8 Å². The molecule has 172 valence electrons. The topological polar surface area (TPSA) is 57.6 Å². The Labute approximate surface area is 197 Å². The lowest BCUT2D eigenvalue weighted by atomic mass is 10.1. The van der Waals surface area contributed by atoms with Gasteiger partial charge in [-0.05, 0) is 55.8 Å². The Hall–Kier alpha value is -3.32. The number of halogens is 2. The van der Waals surface area contributed by atoms with Crippen LogP contribution in [0.5, 0.6) is 0 Å². The average molecular weight is 469 g/mol. The van der Waals surface area contributed by atoms with Crippen LogP contribution in [0.4, 0.5) is 9.18 Å². The van der Waals surface area contributed by atoms with E-state index in [2.05, 4.69) is 5.32 Å². The van der Waals surface area contributed by atoms with E-state index in [9.17, 15) is 14.0 Å². The van der Waals surface area contributed by atoms with E-state index >= 15 is 0 Å². The number of rotatable bonds is 4. The van der Waals surface area contributed by atoms with Crippen molar-refractivity contribution in [2.75, 3.05) is 32.7 Å². The molecule has 3 aromatic rings. The summed E-state index contributed by atoms with van der Waals surface area (Å²) in [7, 11) is 0. The number of hydrogen-bond donors (Lipinski definition) is 1. The van der Waals surface area contributed by atoms with Gasteiger partial charge < -0.3 is 19.7 Å². The summed E-state index contributed by atoms with van der Waals surface area (Å²) in [6.45, 7) is 6.17. The van der Waals surface area contributed by atoms with Gasteiger partial charge in [-0.2, -0.15) is 0 Å². The van der Waals surface area contributed by atoms with Gasteiger partial charge in [-0.15, -0.1) is 0 Å². The summed E-state index contributed by atoms with van der Waals surface area (Å²) in [5.41, 5.74) is 3.56. The molecule has 1 aliphatic rings. The van der Waals surface area contributed by atoms with Crippen molar-refractivity contribution in [1.29, 1.82) is 0 Å². The van der Waals surface area contributed by atoms with E-state index in [-0.39, 0.29) is 17.8 Å². The molecule has 0 bridgehead atoms. The third-order valence-electron chi connectivity index (χ3n) is 5.87. The Bertz CT molecular complexity index is 1170. The largest absolute Gasteiger partial charge is 0.338 e. The standard InChI is InChI=1S/C25H26ClFN4O2/c1-3-28-25(33)30-13-11-29(12-14-30)24(32)22-16-23(18-7-9-19(26)10-8-18)31(17(22)2)21-6-4-5-20(27)15-21/h4-10,15-16H,3,11-14H2,1-2H3,(H,28,33). The highest BCUT2D eigenvalue weighted by molar-refractivity contribution is 6.30. The SMILES string of the molecule is CCNC(=O)N1CCN(C(=O)c2cc(-c3ccc(Cl)cc3)n(-c3cccc(F)c3)c2C)CC1. The summed E-state index contributed by atoms with van der Waals surface area (Å²) in [6, 6.07) is 15.4. The summed E-state index contributed by atoms with van der Waals surface area (Å²) in [5, 5.41) is 3.41. The fourth-order valence-corrected chi connectivity index (χ4v) is 4.28. The molecule has 1 fully saturated rings. The summed E-state index contributed by atoms with van der Waals surface area (Å²) in [4.78, 5) is 29.0. The number of urea groups is 1. The Kier molecular flexibility index (Phi) is 6.70. The highest BCUT2D eigenvalue weighted by Crippen LogP contribution is 2.31. The van der Waals surface area contributed by atoms with Gasteiger partial charge in [0.05, 0.1) is 11.3 Å². The van der Waals surface area contributed by atoms with Crippen LogP contribution in [-0.4, -0.2) is 59.0 Å². The number of nitrogens with one attached hydrogen (secondary N) is 1. The molecule has 0 atom stereocenters. The second-order valence-corrected chi connectivity index (χ2v) is 8.40. The third kappa shape index (κ3) is 4.73. The molecule has 1 saturated heterocycles. The molecule has 1 aliphatic heterocycles. The predicted octanol–water partition coefficient (Wildman–Crippen LogP) is 4.73. The fraction of sp³-hybridized carbons (Fsp3) is 0.280. The van der Waals surface area contributed by atoms with E-state index in [0.29, 0.717) is 49.0 Å². The van der Waals surface area contributed by atoms with Crippen LogP contribution in [0.15, 0.2) is 54.6 Å². The van der Waals surface area contributed by atoms with Gasteiger partial charge in [-0.25, -0.2) is 9.18 Å². The molecule has 2 aromatic carbocycles. The van der Waals surface area contributed by atoms with Crippen molar-refractivity contribution in [3.8, 4) is 16.9 Å². The molecule has 2 heterocycles. The predicted molar refractivity (Wildman–Crippen MR) is 127 cm³/mol. The van der Waals surface area contributed by atoms with Gasteiger partial charge in [0, 0.05) is 49.1 Å². The Morgan fingerprint density at radius 3 is 2.30 bits per heavy atom. The zero-order chi connectivity index (χ0) is 23.5. The van der Waals surface area contributed by atoms with Gasteiger partial charge in [0.1, 0.15) is 5.82 Å². The molecule has 8 heteroatoms. The highest BCUT2D eigenvalue weighted by atomic mass is 35.5. The smallest absolute Gasteiger partial charge is 0.317 e. The molecule has 6 nitrogen and oxygen atoms in total. The minimum absolute atomic E-state index is 0.103. The molecule has 1 aromatic heterocycles. The number of hydrogen-bond acceptors (Lipinski definition) is 2. The Balaban J connectivity index is 1.68. The van der Waals surface area contributed by atoms with Crippen molar-refractivity contribution in [1.82, 2.24) is 19.7 Å². The van der Waals surface area contributed by atoms with Crippen LogP contribution in [0, 0.1) is 12.7 Å². The van der Waals surface area contributed by atoms with Gasteiger partial charge in [0.2, 0.25) is 0 Å². The van der Waals surface area contributed by atoms with Gasteiger partial charge in [0.25, 0.3) is 5.91 Å². The van der Waals surface area contributed by atoms with Crippen molar-refractivity contribution in [3.05, 3.63) is 76.7 Å². The van der Waals surface area contributed by atoms with Crippen LogP contribution in [0.2, 0.25) is 5.02 Å². The Morgan fingerprint density at radius 2 is 1.67 bits per heavy atom. The second-order valence-electron chi connectivity index (χ2n) is 7.97. The molecule has 0 spiro atoms. The Morgan fingerprint density at radius 1 is 1.00 bits per heavy atom. The first-order valence-electron chi connectivity index (χ1n) is 10.9. The van der Waals surface area contributed by atoms with E-state index in [0.717, 1.165) is 17.0 Å². The van der Waals surface area contributed by atoms with E-state index in [1.54, 1.807) is 28.0 Å². The zero-order valence-corrected chi connectivity index (χ0v) is 19.4. The lowest BCUT2D eigenvalue weighted by molar-refractivity contribution is 0.0664. The molecule has 3 amide bonds. The molecule has 0 radical (unpaired) electrons. The number of benzene rings is 2. The first-order chi connectivity index (χ1) is 15.9. The summed E-state index contributed by atoms with van der Waals surface area (Å²) in [6.07, 6.45) is 0. The quantitative estimate of drug-likeness (QED) is 0.601. The van der Waals surface area contributed by atoms with Gasteiger partial charge in [-0.3, -0.25) is 4.79 Å². The van der Waals surface area contributed by atoms with E-state index in [1.807, 2.05) is 42.7 Å². The lowest BCUT2D eigenvalue weighted by Crippen LogP contribution is -2.53. The minimum atomic E-state index is -0.350. The number of aromatic nitrogens is 1. The van der Waals surface area contributed by atoms with Crippen LogP contribution in [-0.2, 0) is 0 Å². The van der Waals surface area contributed by atoms with Crippen LogP contribution in [0.25, 0.3) is 16.9 Å². The van der Waals surface area contributed by atoms with Gasteiger partial charge >= 0.3 is 6.03 Å². The maximum atomic E-state index is 14.0. The molecular weight excluding hydrogens is 443 g/mol. The van der Waals surface area contributed by atoms with Crippen LogP contribution >= 0.6 is 11.6 Å². The maximum Gasteiger partial charge on any atom is 0.317 e. The maximum absolute atomic E-state index is 14.0. The number of piperazine rings is 1. The van der Waals surface area contributed by atoms with Crippen molar-refractivity contribution >= 4 is 23.5 Å². The van der Waals surface area contributed by atoms with Crippen molar-refractivity contribution in [2.45, 2.75) is 13.8 Å². The van der Waals surface area contributed by atoms with E-state index < -0.39 is 0 Å². The third-order valence-corrected chi connectivity index (χ3v) is 6.12. The minimum Gasteiger partial charge on any atom is -0.338 e. The van der Waals surface area contributed by atoms with Gasteiger partial charge in [0.15, 0.2) is 0 Å². The average Bonchev–Trinajstić information content (AvgIpc) is 3.16. The van der Waals surface area contributed by atoms with Crippen LogP contribution < -0.4 is 5.32 Å². The summed E-state index contributed by atoms with van der Waals surface area (Å²) < 4.78 is 15.9. The van der Waals surface area contributed by atoms with Crippen molar-refractivity contribution < 1.29 is 14.0 Å². The highest BCUT2D eigenvalue weighted by Gasteiger charge is 2.28. The number of carbonyl (C=O) groups is 2. The van der Waals surface area contributed by atoms with Crippen molar-refractivity contribution in [3.63, 3.8) is 0 Å². The van der Waals surface area contributed by atoms with E-state index in [1.165, 1.54) is 12.1 Å². The lowest BCUT2D eigenvalue weighted by Gasteiger charge is -2.34. The molecule has 33 heavy (non-hydrogen) atoms. The molecule has 1 N–H and O–H groups in total. The molecule has 0 saturated carbocycles. The first-order valence-corrected chi connectivity index (χ1v) is 11.3. The molecule has 0 aliphatic carbocycles. The monoisotopic (exact) mass is 468 g/mol. The fourth-order valence-electron chi connectivity index (χ4n) is 4.15. The summed E-state index contributed by atoms with van der Waals surface area (Å²) >= 11 is 6.07.